The van der Waals surface area contributed by atoms with Gasteiger partial charge >= 0.3 is 0 Å². The zero-order valence-electron chi connectivity index (χ0n) is 16.4. The standard InChI is InChI=1S/C25H25BrN2O/c26-23-13-11-20(12-14-23)19-27-15-17-28(18-16-27)25(29)24(21-7-3-1-4-8-21)22-9-5-2-6-10-22/h1-14,24H,15-19H2/p+1. The van der Waals surface area contributed by atoms with E-state index in [1.54, 1.807) is 0 Å². The van der Waals surface area contributed by atoms with Crippen molar-refractivity contribution in [2.45, 2.75) is 12.5 Å². The van der Waals surface area contributed by atoms with Gasteiger partial charge < -0.3 is 9.80 Å². The number of piperazine rings is 1. The lowest BCUT2D eigenvalue weighted by atomic mass is 9.90. The first-order chi connectivity index (χ1) is 14.2. The molecule has 4 heteroatoms. The van der Waals surface area contributed by atoms with Crippen molar-refractivity contribution < 1.29 is 9.69 Å². The highest BCUT2D eigenvalue weighted by atomic mass is 79.9. The summed E-state index contributed by atoms with van der Waals surface area (Å²) in [5.74, 6) is -0.0180. The van der Waals surface area contributed by atoms with E-state index < -0.39 is 0 Å². The van der Waals surface area contributed by atoms with E-state index >= 15 is 0 Å². The second-order valence-corrected chi connectivity index (χ2v) is 8.55. The van der Waals surface area contributed by atoms with E-state index in [4.69, 9.17) is 0 Å². The van der Waals surface area contributed by atoms with Gasteiger partial charge in [0.15, 0.2) is 0 Å². The number of carbonyl (C=O) groups excluding carboxylic acids is 1. The van der Waals surface area contributed by atoms with Crippen LogP contribution in [0.4, 0.5) is 0 Å². The zero-order valence-corrected chi connectivity index (χ0v) is 18.0. The van der Waals surface area contributed by atoms with Gasteiger partial charge in [-0.1, -0.05) is 88.7 Å². The largest absolute Gasteiger partial charge is 0.331 e. The molecule has 1 N–H and O–H groups in total. The number of nitrogens with zero attached hydrogens (tertiary/aromatic N) is 1. The predicted octanol–water partition coefficient (Wildman–Crippen LogP) is 3.51. The number of quaternary nitrogens is 1. The van der Waals surface area contributed by atoms with Crippen molar-refractivity contribution in [3.05, 3.63) is 106 Å². The van der Waals surface area contributed by atoms with E-state index in [-0.39, 0.29) is 11.8 Å². The molecule has 0 unspecified atom stereocenters. The lowest BCUT2D eigenvalue weighted by Crippen LogP contribution is -3.13. The van der Waals surface area contributed by atoms with Crippen LogP contribution >= 0.6 is 15.9 Å². The minimum Gasteiger partial charge on any atom is -0.331 e. The maximum atomic E-state index is 13.5. The van der Waals surface area contributed by atoms with Crippen LogP contribution in [0.1, 0.15) is 22.6 Å². The van der Waals surface area contributed by atoms with Gasteiger partial charge in [0.25, 0.3) is 0 Å². The fourth-order valence-corrected chi connectivity index (χ4v) is 4.33. The number of amides is 1. The van der Waals surface area contributed by atoms with Crippen molar-refractivity contribution in [3.8, 4) is 0 Å². The van der Waals surface area contributed by atoms with Gasteiger partial charge in [-0.05, 0) is 23.3 Å². The number of benzene rings is 3. The Balaban J connectivity index is 1.45. The molecule has 0 bridgehead atoms. The fraction of sp³-hybridized carbons (Fsp3) is 0.240. The quantitative estimate of drug-likeness (QED) is 0.633. The average Bonchev–Trinajstić information content (AvgIpc) is 2.77. The van der Waals surface area contributed by atoms with Crippen LogP contribution in [0.2, 0.25) is 0 Å². The Morgan fingerprint density at radius 1 is 0.828 bits per heavy atom. The third-order valence-corrected chi connectivity index (χ3v) is 6.19. The lowest BCUT2D eigenvalue weighted by molar-refractivity contribution is -0.917. The van der Waals surface area contributed by atoms with Gasteiger partial charge in [-0.3, -0.25) is 4.79 Å². The first-order valence-corrected chi connectivity index (χ1v) is 11.0. The van der Waals surface area contributed by atoms with Gasteiger partial charge in [-0.25, -0.2) is 0 Å². The highest BCUT2D eigenvalue weighted by Crippen LogP contribution is 2.26. The van der Waals surface area contributed by atoms with Crippen molar-refractivity contribution in [1.29, 1.82) is 0 Å². The number of nitrogens with one attached hydrogen (secondary N) is 1. The molecule has 0 spiro atoms. The Morgan fingerprint density at radius 2 is 1.34 bits per heavy atom. The lowest BCUT2D eigenvalue weighted by Gasteiger charge is -2.34. The van der Waals surface area contributed by atoms with Gasteiger partial charge in [-0.15, -0.1) is 0 Å². The summed E-state index contributed by atoms with van der Waals surface area (Å²) >= 11 is 3.50. The molecule has 0 saturated carbocycles. The molecule has 1 aliphatic heterocycles. The van der Waals surface area contributed by atoms with E-state index in [0.29, 0.717) is 0 Å². The van der Waals surface area contributed by atoms with Crippen LogP contribution in [0.15, 0.2) is 89.4 Å². The van der Waals surface area contributed by atoms with Crippen molar-refractivity contribution in [3.63, 3.8) is 0 Å². The molecule has 0 aliphatic carbocycles. The third-order valence-electron chi connectivity index (χ3n) is 5.66. The van der Waals surface area contributed by atoms with Crippen molar-refractivity contribution in [2.24, 2.45) is 0 Å². The molecule has 0 aromatic heterocycles. The Kier molecular flexibility index (Phi) is 6.43. The minimum absolute atomic E-state index is 0.213. The van der Waals surface area contributed by atoms with Crippen molar-refractivity contribution >= 4 is 21.8 Å². The molecular formula is C25H26BrN2O+. The minimum atomic E-state index is -0.231. The number of rotatable bonds is 5. The average molecular weight is 450 g/mol. The predicted molar refractivity (Wildman–Crippen MR) is 120 cm³/mol. The molecule has 29 heavy (non-hydrogen) atoms. The topological polar surface area (TPSA) is 24.8 Å². The van der Waals surface area contributed by atoms with Gasteiger partial charge in [0, 0.05) is 10.0 Å². The first kappa shape index (κ1) is 19.9. The summed E-state index contributed by atoms with van der Waals surface area (Å²) < 4.78 is 1.11. The number of hydrogen-bond donors (Lipinski definition) is 1. The van der Waals surface area contributed by atoms with Crippen molar-refractivity contribution in [2.75, 3.05) is 26.2 Å². The van der Waals surface area contributed by atoms with Crippen LogP contribution < -0.4 is 4.90 Å². The highest BCUT2D eigenvalue weighted by Gasteiger charge is 2.31. The summed E-state index contributed by atoms with van der Waals surface area (Å²) in [6.07, 6.45) is 0. The molecule has 0 atom stereocenters. The summed E-state index contributed by atoms with van der Waals surface area (Å²) in [5.41, 5.74) is 3.47. The molecule has 1 fully saturated rings. The van der Waals surface area contributed by atoms with Gasteiger partial charge in [-0.2, -0.15) is 0 Å². The smallest absolute Gasteiger partial charge is 0.234 e. The molecule has 3 aromatic carbocycles. The second-order valence-electron chi connectivity index (χ2n) is 7.63. The molecular weight excluding hydrogens is 424 g/mol. The van der Waals surface area contributed by atoms with Crippen LogP contribution in [-0.4, -0.2) is 37.0 Å². The molecule has 3 nitrogen and oxygen atoms in total. The van der Waals surface area contributed by atoms with Crippen LogP contribution in [0, 0.1) is 0 Å². The Bertz CT molecular complexity index is 881. The molecule has 148 valence electrons. The maximum Gasteiger partial charge on any atom is 0.234 e. The van der Waals surface area contributed by atoms with Crippen LogP contribution in [-0.2, 0) is 11.3 Å². The zero-order chi connectivity index (χ0) is 20.1. The summed E-state index contributed by atoms with van der Waals surface area (Å²) in [5, 5.41) is 0. The van der Waals surface area contributed by atoms with Crippen LogP contribution in [0.5, 0.6) is 0 Å². The summed E-state index contributed by atoms with van der Waals surface area (Å²) in [7, 11) is 0. The number of halogens is 1. The van der Waals surface area contributed by atoms with Gasteiger partial charge in [0.2, 0.25) is 5.91 Å². The molecule has 1 aliphatic rings. The Labute approximate surface area is 181 Å². The number of hydrogen-bond acceptors (Lipinski definition) is 1. The normalized spacial score (nSPS) is 14.9. The summed E-state index contributed by atoms with van der Waals surface area (Å²) in [6, 6.07) is 28.8. The van der Waals surface area contributed by atoms with E-state index in [9.17, 15) is 4.79 Å². The molecule has 1 amide bonds. The monoisotopic (exact) mass is 449 g/mol. The summed E-state index contributed by atoms with van der Waals surface area (Å²) in [6.45, 7) is 4.59. The molecule has 3 aromatic rings. The third kappa shape index (κ3) is 4.95. The van der Waals surface area contributed by atoms with Gasteiger partial charge in [0.05, 0.1) is 32.1 Å². The van der Waals surface area contributed by atoms with E-state index in [1.807, 2.05) is 36.4 Å². The highest BCUT2D eigenvalue weighted by molar-refractivity contribution is 9.10. The van der Waals surface area contributed by atoms with E-state index in [2.05, 4.69) is 69.4 Å². The summed E-state index contributed by atoms with van der Waals surface area (Å²) in [4.78, 5) is 17.1. The van der Waals surface area contributed by atoms with Crippen LogP contribution in [0.25, 0.3) is 0 Å². The van der Waals surface area contributed by atoms with Crippen molar-refractivity contribution in [1.82, 2.24) is 4.90 Å². The SMILES string of the molecule is O=C(C(c1ccccc1)c1ccccc1)N1CC[NH+](Cc2ccc(Br)cc2)CC1. The number of carbonyl (C=O) groups is 1. The van der Waals surface area contributed by atoms with Crippen LogP contribution in [0.3, 0.4) is 0 Å². The molecule has 1 heterocycles. The van der Waals surface area contributed by atoms with E-state index in [1.165, 1.54) is 10.5 Å². The second kappa shape index (κ2) is 9.38. The fourth-order valence-electron chi connectivity index (χ4n) is 4.06. The Morgan fingerprint density at radius 3 is 1.86 bits per heavy atom. The molecule has 4 rings (SSSR count). The van der Waals surface area contributed by atoms with Gasteiger partial charge in [0.1, 0.15) is 6.54 Å². The first-order valence-electron chi connectivity index (χ1n) is 10.2. The van der Waals surface area contributed by atoms with E-state index in [0.717, 1.165) is 48.3 Å². The molecule has 0 radical (unpaired) electrons. The Hall–Kier alpha value is -2.43. The molecule has 1 saturated heterocycles. The maximum absolute atomic E-state index is 13.5.